The Morgan fingerprint density at radius 2 is 1.62 bits per heavy atom. The summed E-state index contributed by atoms with van der Waals surface area (Å²) in [5.74, 6) is -0.265. The van der Waals surface area contributed by atoms with Gasteiger partial charge in [-0.3, -0.25) is 9.59 Å². The van der Waals surface area contributed by atoms with Crippen molar-refractivity contribution in [1.29, 1.82) is 0 Å². The molecule has 0 bridgehead atoms. The quantitative estimate of drug-likeness (QED) is 0.394. The third-order valence-corrected chi connectivity index (χ3v) is 7.35. The lowest BCUT2D eigenvalue weighted by Gasteiger charge is -2.33. The molecule has 39 heavy (non-hydrogen) atoms. The Labute approximate surface area is 236 Å². The molecule has 1 N–H and O–H groups in total. The molecule has 2 fully saturated rings. The zero-order valence-corrected chi connectivity index (χ0v) is 22.9. The molecule has 3 heterocycles. The number of amides is 2. The van der Waals surface area contributed by atoms with Crippen LogP contribution >= 0.6 is 23.2 Å². The predicted molar refractivity (Wildman–Crippen MR) is 145 cm³/mol. The fourth-order valence-corrected chi connectivity index (χ4v) is 5.08. The van der Waals surface area contributed by atoms with Crippen molar-refractivity contribution in [2.24, 2.45) is 0 Å². The van der Waals surface area contributed by atoms with Gasteiger partial charge in [-0.1, -0.05) is 35.3 Å². The molecule has 0 radical (unpaired) electrons. The number of nitrogens with zero attached hydrogens (tertiary/aromatic N) is 5. The van der Waals surface area contributed by atoms with Crippen molar-refractivity contribution in [2.75, 3.05) is 26.3 Å². The topological polar surface area (TPSA) is 111 Å². The molecule has 10 nitrogen and oxygen atoms in total. The minimum atomic E-state index is -0.903. The van der Waals surface area contributed by atoms with Gasteiger partial charge in [0.25, 0.3) is 0 Å². The number of carbonyl (C=O) groups excluding carboxylic acids is 2. The van der Waals surface area contributed by atoms with Gasteiger partial charge in [0.1, 0.15) is 12.6 Å². The summed E-state index contributed by atoms with van der Waals surface area (Å²) < 4.78 is 11.5. The van der Waals surface area contributed by atoms with Crippen LogP contribution in [0.4, 0.5) is 0 Å². The number of benzene rings is 2. The van der Waals surface area contributed by atoms with Gasteiger partial charge in [-0.05, 0) is 72.9 Å². The maximum Gasteiger partial charge on any atom is 0.247 e. The van der Waals surface area contributed by atoms with Crippen molar-refractivity contribution in [3.8, 4) is 11.4 Å². The average molecular weight is 573 g/mol. The maximum absolute atomic E-state index is 13.8. The van der Waals surface area contributed by atoms with E-state index in [1.807, 2.05) is 0 Å². The molecule has 5 rings (SSSR count). The van der Waals surface area contributed by atoms with Crippen molar-refractivity contribution >= 4 is 35.0 Å². The smallest absolute Gasteiger partial charge is 0.247 e. The van der Waals surface area contributed by atoms with Gasteiger partial charge in [-0.25, -0.2) is 0 Å². The van der Waals surface area contributed by atoms with E-state index in [9.17, 15) is 9.59 Å². The second kappa shape index (κ2) is 12.9. The Morgan fingerprint density at radius 3 is 2.26 bits per heavy atom. The summed E-state index contributed by atoms with van der Waals surface area (Å²) in [6, 6.07) is 13.1. The predicted octanol–water partition coefficient (Wildman–Crippen LogP) is 3.69. The molecule has 12 heteroatoms. The van der Waals surface area contributed by atoms with Crippen LogP contribution < -0.4 is 5.32 Å². The monoisotopic (exact) mass is 572 g/mol. The largest absolute Gasteiger partial charge is 0.376 e. The Balaban J connectivity index is 1.40. The normalized spacial score (nSPS) is 19.6. The van der Waals surface area contributed by atoms with Crippen LogP contribution in [0.15, 0.2) is 48.5 Å². The van der Waals surface area contributed by atoms with Gasteiger partial charge in [0.05, 0.1) is 12.2 Å². The van der Waals surface area contributed by atoms with Gasteiger partial charge in [0.2, 0.25) is 17.6 Å². The van der Waals surface area contributed by atoms with Gasteiger partial charge < -0.3 is 19.7 Å². The van der Waals surface area contributed by atoms with Gasteiger partial charge in [0, 0.05) is 41.9 Å². The molecule has 0 spiro atoms. The Morgan fingerprint density at radius 1 is 0.974 bits per heavy atom. The number of hydrogen-bond acceptors (Lipinski definition) is 7. The highest BCUT2D eigenvalue weighted by atomic mass is 35.5. The number of nitrogens with one attached hydrogen (secondary N) is 1. The fourth-order valence-electron chi connectivity index (χ4n) is 4.83. The van der Waals surface area contributed by atoms with Crippen molar-refractivity contribution in [3.05, 3.63) is 64.1 Å². The highest BCUT2D eigenvalue weighted by Gasteiger charge is 2.35. The van der Waals surface area contributed by atoms with E-state index >= 15 is 0 Å². The van der Waals surface area contributed by atoms with Crippen LogP contribution in [0.1, 0.15) is 37.3 Å². The van der Waals surface area contributed by atoms with Crippen molar-refractivity contribution in [1.82, 2.24) is 30.4 Å². The SMILES string of the molecule is O=C(NC[C@@H]1CCCO1)[C@H](c1ccc(Cl)cc1)N(C[C@H]1CCCO1)C(=O)Cn1nnc(-c2ccc(Cl)cc2)n1. The third kappa shape index (κ3) is 7.13. The van der Waals surface area contributed by atoms with Gasteiger partial charge in [-0.2, -0.15) is 4.80 Å². The van der Waals surface area contributed by atoms with E-state index in [0.717, 1.165) is 31.2 Å². The number of rotatable bonds is 10. The molecule has 0 aliphatic carbocycles. The number of tetrazole rings is 1. The van der Waals surface area contributed by atoms with Crippen molar-refractivity contribution in [2.45, 2.75) is 50.5 Å². The fraction of sp³-hybridized carbons (Fsp3) is 0.444. The van der Waals surface area contributed by atoms with Crippen molar-refractivity contribution < 1.29 is 19.1 Å². The molecule has 3 aromatic rings. The molecule has 2 aliphatic heterocycles. The second-order valence-electron chi connectivity index (χ2n) is 9.67. The Bertz CT molecular complexity index is 1260. The summed E-state index contributed by atoms with van der Waals surface area (Å²) >= 11 is 12.1. The van der Waals surface area contributed by atoms with Crippen LogP contribution in [0.25, 0.3) is 11.4 Å². The molecule has 2 aliphatic rings. The van der Waals surface area contributed by atoms with Crippen molar-refractivity contribution in [3.63, 3.8) is 0 Å². The lowest BCUT2D eigenvalue weighted by Crippen LogP contribution is -2.48. The minimum absolute atomic E-state index is 0.0345. The zero-order chi connectivity index (χ0) is 27.2. The van der Waals surface area contributed by atoms with Crippen LogP contribution in [0.3, 0.4) is 0 Å². The highest BCUT2D eigenvalue weighted by molar-refractivity contribution is 6.30. The summed E-state index contributed by atoms with van der Waals surface area (Å²) in [6.45, 7) is 1.74. The first-order valence-corrected chi connectivity index (χ1v) is 13.8. The molecule has 3 atom stereocenters. The molecule has 206 valence electrons. The standard InChI is InChI=1S/C27H30Cl2N6O4/c28-20-9-5-18(6-10-20)25(27(37)30-15-22-3-1-13-38-22)34(16-23-4-2-14-39-23)24(36)17-35-32-26(31-33-35)19-7-11-21(29)12-8-19/h5-12,22-23,25H,1-4,13-17H2,(H,30,37)/t22-,23+,25-/m0/s1. The third-order valence-electron chi connectivity index (χ3n) is 6.85. The van der Waals surface area contributed by atoms with E-state index in [1.165, 1.54) is 4.80 Å². The number of halogens is 2. The van der Waals surface area contributed by atoms with Crippen LogP contribution in [-0.2, 0) is 25.6 Å². The van der Waals surface area contributed by atoms with E-state index in [0.29, 0.717) is 41.2 Å². The van der Waals surface area contributed by atoms with E-state index in [2.05, 4.69) is 20.7 Å². The summed E-state index contributed by atoms with van der Waals surface area (Å²) in [5.41, 5.74) is 1.37. The minimum Gasteiger partial charge on any atom is -0.376 e. The van der Waals surface area contributed by atoms with Gasteiger partial charge in [0.15, 0.2) is 0 Å². The second-order valence-corrected chi connectivity index (χ2v) is 10.5. The number of hydrogen-bond donors (Lipinski definition) is 1. The number of ether oxygens (including phenoxy) is 2. The van der Waals surface area contributed by atoms with E-state index in [4.69, 9.17) is 32.7 Å². The first kappa shape index (κ1) is 27.5. The first-order chi connectivity index (χ1) is 19.0. The van der Waals surface area contributed by atoms with E-state index in [1.54, 1.807) is 53.4 Å². The van der Waals surface area contributed by atoms with E-state index < -0.39 is 6.04 Å². The van der Waals surface area contributed by atoms with Crippen LogP contribution in [0.5, 0.6) is 0 Å². The zero-order valence-electron chi connectivity index (χ0n) is 21.3. The van der Waals surface area contributed by atoms with Gasteiger partial charge in [-0.15, -0.1) is 10.2 Å². The lowest BCUT2D eigenvalue weighted by molar-refractivity contribution is -0.143. The summed E-state index contributed by atoms with van der Waals surface area (Å²) in [4.78, 5) is 30.3. The number of carbonyl (C=O) groups is 2. The Kier molecular flexibility index (Phi) is 9.08. The van der Waals surface area contributed by atoms with Crippen LogP contribution in [0, 0.1) is 0 Å². The summed E-state index contributed by atoms with van der Waals surface area (Å²) in [6.07, 6.45) is 3.34. The first-order valence-electron chi connectivity index (χ1n) is 13.1. The Hall–Kier alpha value is -3.05. The molecule has 0 saturated carbocycles. The molecule has 0 unspecified atom stereocenters. The molecule has 1 aromatic heterocycles. The number of aromatic nitrogens is 4. The van der Waals surface area contributed by atoms with Gasteiger partial charge >= 0.3 is 0 Å². The molecule has 2 saturated heterocycles. The highest BCUT2D eigenvalue weighted by Crippen LogP contribution is 2.27. The molecule has 2 aromatic carbocycles. The van der Waals surface area contributed by atoms with E-state index in [-0.39, 0.29) is 37.1 Å². The average Bonchev–Trinajstić information content (AvgIpc) is 3.72. The molecular formula is C27H30Cl2N6O4. The summed E-state index contributed by atoms with van der Waals surface area (Å²) in [7, 11) is 0. The summed E-state index contributed by atoms with van der Waals surface area (Å²) in [5, 5.41) is 16.7. The lowest BCUT2D eigenvalue weighted by atomic mass is 10.0. The molecular weight excluding hydrogens is 543 g/mol. The maximum atomic E-state index is 13.8. The van der Waals surface area contributed by atoms with Crippen LogP contribution in [0.2, 0.25) is 10.0 Å². The molecule has 2 amide bonds. The van der Waals surface area contributed by atoms with Crippen LogP contribution in [-0.4, -0.2) is 75.4 Å².